The van der Waals surface area contributed by atoms with Crippen LogP contribution in [0.15, 0.2) is 274 Å². The number of fused-ring (bicyclic) bond motifs is 7. The number of hydrogen-bond acceptors (Lipinski definition) is 5. The van der Waals surface area contributed by atoms with Crippen molar-refractivity contribution in [1.82, 2.24) is 4.57 Å². The second-order valence-corrected chi connectivity index (χ2v) is 20.5. The molecule has 0 bridgehead atoms. The number of nitriles is 1. The largest absolute Gasteiger partial charge is 0.308 e. The summed E-state index contributed by atoms with van der Waals surface area (Å²) in [6, 6.07) is 94.2. The van der Waals surface area contributed by atoms with Crippen LogP contribution in [0.25, 0.3) is 72.0 Å². The Balaban J connectivity index is 1.16. The molecule has 0 N–H and O–H groups in total. The average Bonchev–Trinajstić information content (AvgIpc) is 3.79. The second kappa shape index (κ2) is 17.7. The Labute approximate surface area is 432 Å². The van der Waals surface area contributed by atoms with Crippen LogP contribution in [-0.4, -0.2) is 4.57 Å². The zero-order valence-electron chi connectivity index (χ0n) is 39.4. The van der Waals surface area contributed by atoms with Crippen LogP contribution in [0.5, 0.6) is 0 Å². The Hall–Kier alpha value is -8.99. The van der Waals surface area contributed by atoms with Crippen molar-refractivity contribution in [2.45, 2.75) is 19.6 Å². The number of rotatable bonds is 7. The van der Waals surface area contributed by atoms with Gasteiger partial charge in [-0.05, 0) is 107 Å². The van der Waals surface area contributed by atoms with E-state index in [0.29, 0.717) is 5.56 Å². The molecular weight excluding hydrogens is 925 g/mol. The lowest BCUT2D eigenvalue weighted by molar-refractivity contribution is 1.16. The van der Waals surface area contributed by atoms with Gasteiger partial charge in [0, 0.05) is 64.0 Å². The molecule has 1 aromatic heterocycles. The summed E-state index contributed by atoms with van der Waals surface area (Å²) in [4.78, 5) is 9.58. The quantitative estimate of drug-likeness (QED) is 0.159. The lowest BCUT2D eigenvalue weighted by atomic mass is 9.79. The highest BCUT2D eigenvalue weighted by Gasteiger charge is 2.33. The summed E-state index contributed by atoms with van der Waals surface area (Å²) < 4.78 is 2.49. The zero-order chi connectivity index (χ0) is 48.4. The molecule has 0 amide bonds. The molecule has 0 saturated carbocycles. The molecule has 12 aromatic rings. The molecule has 0 atom stereocenters. The maximum absolute atomic E-state index is 12.1. The summed E-state index contributed by atoms with van der Waals surface area (Å²) in [7, 11) is 0. The second-order valence-electron chi connectivity index (χ2n) is 18.3. The van der Waals surface area contributed by atoms with Gasteiger partial charge >= 0.3 is 0 Å². The SMILES string of the molecule is N#Cc1c(-c2ccccc2)c(-c2cccc(N3c4ccccc4Sc4ccccc43)c2)c(-n2c3ccccc3c3ccccc32)c(-c2cccc(N3c4ccccc4Sc4ccccc43)c2)c1-c1ccccc1. The van der Waals surface area contributed by atoms with Crippen molar-refractivity contribution < 1.29 is 0 Å². The van der Waals surface area contributed by atoms with Crippen LogP contribution in [0.3, 0.4) is 0 Å². The summed E-state index contributed by atoms with van der Waals surface area (Å²) in [5, 5.41) is 14.4. The number of aromatic nitrogens is 1. The van der Waals surface area contributed by atoms with Crippen molar-refractivity contribution in [1.29, 1.82) is 5.26 Å². The Morgan fingerprint density at radius 3 is 1.05 bits per heavy atom. The molecule has 3 heterocycles. The van der Waals surface area contributed by atoms with Crippen molar-refractivity contribution in [3.8, 4) is 56.3 Å². The third-order valence-corrected chi connectivity index (χ3v) is 16.4. The molecule has 14 rings (SSSR count). The van der Waals surface area contributed by atoms with Crippen LogP contribution >= 0.6 is 23.5 Å². The molecule has 342 valence electrons. The highest BCUT2D eigenvalue weighted by atomic mass is 32.2. The van der Waals surface area contributed by atoms with E-state index in [-0.39, 0.29) is 0 Å². The van der Waals surface area contributed by atoms with Gasteiger partial charge in [-0.15, -0.1) is 0 Å². The van der Waals surface area contributed by atoms with Gasteiger partial charge in [0.05, 0.1) is 45.0 Å². The van der Waals surface area contributed by atoms with Gasteiger partial charge in [-0.3, -0.25) is 0 Å². The molecule has 0 saturated heterocycles. The number of hydrogen-bond donors (Lipinski definition) is 0. The van der Waals surface area contributed by atoms with Gasteiger partial charge in [-0.2, -0.15) is 5.26 Å². The van der Waals surface area contributed by atoms with Crippen molar-refractivity contribution >= 4 is 79.5 Å². The van der Waals surface area contributed by atoms with E-state index < -0.39 is 0 Å². The third-order valence-electron chi connectivity index (χ3n) is 14.2. The molecule has 0 unspecified atom stereocenters. The van der Waals surface area contributed by atoms with Crippen molar-refractivity contribution in [2.24, 2.45) is 0 Å². The average molecular weight is 967 g/mol. The normalized spacial score (nSPS) is 12.5. The summed E-state index contributed by atoms with van der Waals surface area (Å²) in [5.41, 5.74) is 17.9. The summed E-state index contributed by atoms with van der Waals surface area (Å²) in [6.07, 6.45) is 0. The van der Waals surface area contributed by atoms with E-state index >= 15 is 0 Å². The molecule has 0 fully saturated rings. The predicted molar refractivity (Wildman–Crippen MR) is 305 cm³/mol. The summed E-state index contributed by atoms with van der Waals surface area (Å²) in [6.45, 7) is 0. The first-order chi connectivity index (χ1) is 36.2. The highest BCUT2D eigenvalue weighted by molar-refractivity contribution is 8.00. The van der Waals surface area contributed by atoms with E-state index in [1.807, 2.05) is 0 Å². The number of anilines is 6. The molecule has 6 heteroatoms. The maximum Gasteiger partial charge on any atom is 0.100 e. The minimum absolute atomic E-state index is 0.609. The topological polar surface area (TPSA) is 35.2 Å². The molecule has 0 aliphatic carbocycles. The number of benzene rings is 11. The minimum atomic E-state index is 0.609. The lowest BCUT2D eigenvalue weighted by Gasteiger charge is -2.34. The summed E-state index contributed by atoms with van der Waals surface area (Å²) in [5.74, 6) is 0. The standard InChI is InChI=1S/C67H42N4S2/c68-43-52-63(44-21-3-1-4-22-44)65(46-25-19-27-48(41-46)69-55-33-11-15-37-59(55)72-60-38-16-12-34-56(60)69)67(71-53-31-9-7-29-50(53)51-30-8-10-32-54(51)71)66(64(52)45-23-5-2-6-24-45)47-26-20-28-49(42-47)70-57-35-13-17-39-61(57)73-62-40-18-14-36-58(62)70/h1-42H. The van der Waals surface area contributed by atoms with Gasteiger partial charge in [0.15, 0.2) is 0 Å². The van der Waals surface area contributed by atoms with Crippen LogP contribution in [0.1, 0.15) is 5.56 Å². The van der Waals surface area contributed by atoms with Gasteiger partial charge < -0.3 is 14.4 Å². The molecule has 0 spiro atoms. The van der Waals surface area contributed by atoms with Gasteiger partial charge in [0.2, 0.25) is 0 Å². The maximum atomic E-state index is 12.1. The number of nitrogens with zero attached hydrogens (tertiary/aromatic N) is 4. The summed E-state index contributed by atoms with van der Waals surface area (Å²) >= 11 is 3.61. The minimum Gasteiger partial charge on any atom is -0.308 e. The monoisotopic (exact) mass is 966 g/mol. The Kier molecular flexibility index (Phi) is 10.4. The molecule has 0 radical (unpaired) electrons. The van der Waals surface area contributed by atoms with E-state index in [0.717, 1.165) is 106 Å². The third kappa shape index (κ3) is 7.00. The fourth-order valence-corrected chi connectivity index (χ4v) is 13.3. The number of para-hydroxylation sites is 6. The molecule has 11 aromatic carbocycles. The lowest BCUT2D eigenvalue weighted by Crippen LogP contribution is -2.15. The van der Waals surface area contributed by atoms with Gasteiger partial charge in [-0.1, -0.05) is 193 Å². The van der Waals surface area contributed by atoms with Crippen molar-refractivity contribution in [3.05, 3.63) is 260 Å². The van der Waals surface area contributed by atoms with Gasteiger partial charge in [0.25, 0.3) is 0 Å². The first-order valence-corrected chi connectivity index (χ1v) is 26.1. The molecule has 4 nitrogen and oxygen atoms in total. The predicted octanol–water partition coefficient (Wildman–Crippen LogP) is 19.2. The van der Waals surface area contributed by atoms with Gasteiger partial charge in [0.1, 0.15) is 6.07 Å². The fourth-order valence-electron chi connectivity index (χ4n) is 11.2. The van der Waals surface area contributed by atoms with Crippen LogP contribution in [0.4, 0.5) is 34.1 Å². The molecule has 73 heavy (non-hydrogen) atoms. The smallest absolute Gasteiger partial charge is 0.100 e. The highest BCUT2D eigenvalue weighted by Crippen LogP contribution is 2.57. The van der Waals surface area contributed by atoms with Crippen molar-refractivity contribution in [2.75, 3.05) is 9.80 Å². The van der Waals surface area contributed by atoms with Crippen LogP contribution in [-0.2, 0) is 0 Å². The molecule has 2 aliphatic heterocycles. The van der Waals surface area contributed by atoms with E-state index in [2.05, 4.69) is 275 Å². The first kappa shape index (κ1) is 42.9. The molecule has 2 aliphatic rings. The first-order valence-electron chi connectivity index (χ1n) is 24.5. The Bertz CT molecular complexity index is 3840. The van der Waals surface area contributed by atoms with Crippen molar-refractivity contribution in [3.63, 3.8) is 0 Å². The zero-order valence-corrected chi connectivity index (χ0v) is 41.0. The van der Waals surface area contributed by atoms with Crippen LogP contribution in [0.2, 0.25) is 0 Å². The fraction of sp³-hybridized carbons (Fsp3) is 0. The van der Waals surface area contributed by atoms with E-state index in [1.54, 1.807) is 23.5 Å². The van der Waals surface area contributed by atoms with Gasteiger partial charge in [-0.25, -0.2) is 0 Å². The van der Waals surface area contributed by atoms with Crippen LogP contribution < -0.4 is 9.80 Å². The van der Waals surface area contributed by atoms with Crippen LogP contribution in [0, 0.1) is 11.3 Å². The van der Waals surface area contributed by atoms with E-state index in [4.69, 9.17) is 0 Å². The van der Waals surface area contributed by atoms with E-state index in [1.165, 1.54) is 19.6 Å². The Morgan fingerprint density at radius 1 is 0.315 bits per heavy atom. The molecular formula is C67H42N4S2. The Morgan fingerprint density at radius 2 is 0.658 bits per heavy atom. The van der Waals surface area contributed by atoms with E-state index in [9.17, 15) is 5.26 Å².